The number of hydrogen-bond donors (Lipinski definition) is 2. The van der Waals surface area contributed by atoms with Gasteiger partial charge in [0.2, 0.25) is 0 Å². The summed E-state index contributed by atoms with van der Waals surface area (Å²) in [4.78, 5) is 21.4. The third-order valence-corrected chi connectivity index (χ3v) is 2.36. The van der Waals surface area contributed by atoms with E-state index in [1.807, 2.05) is 0 Å². The average Bonchev–Trinajstić information content (AvgIpc) is 2.38. The molecule has 1 aromatic carbocycles. The van der Waals surface area contributed by atoms with Gasteiger partial charge in [-0.1, -0.05) is 12.1 Å². The Morgan fingerprint density at radius 1 is 1.35 bits per heavy atom. The van der Waals surface area contributed by atoms with E-state index < -0.39 is 18.0 Å². The summed E-state index contributed by atoms with van der Waals surface area (Å²) in [5, 5.41) is 17.6. The van der Waals surface area contributed by atoms with E-state index in [1.54, 1.807) is 25.1 Å². The molecular formula is C14H16O6. The van der Waals surface area contributed by atoms with Crippen molar-refractivity contribution in [2.45, 2.75) is 20.0 Å². The SMILES string of the molecule is CCOc1cccc(C=CC(=O)O)c1OC(C)C(=O)O. The Bertz CT molecular complexity index is 520. The Morgan fingerprint density at radius 3 is 2.60 bits per heavy atom. The minimum atomic E-state index is -1.12. The second-order valence-electron chi connectivity index (χ2n) is 3.88. The molecule has 0 bridgehead atoms. The molecule has 0 saturated carbocycles. The Hall–Kier alpha value is -2.50. The number of carbonyl (C=O) groups is 2. The van der Waals surface area contributed by atoms with Gasteiger partial charge in [0.25, 0.3) is 0 Å². The Labute approximate surface area is 116 Å². The Balaban J connectivity index is 3.18. The summed E-state index contributed by atoms with van der Waals surface area (Å²) in [6, 6.07) is 4.92. The second-order valence-corrected chi connectivity index (χ2v) is 3.88. The molecule has 0 spiro atoms. The number of aliphatic carboxylic acids is 2. The highest BCUT2D eigenvalue weighted by Gasteiger charge is 2.17. The van der Waals surface area contributed by atoms with Gasteiger partial charge in [-0.05, 0) is 26.0 Å². The minimum Gasteiger partial charge on any atom is -0.490 e. The summed E-state index contributed by atoms with van der Waals surface area (Å²) in [6.07, 6.45) is 1.20. The highest BCUT2D eigenvalue weighted by atomic mass is 16.5. The second kappa shape index (κ2) is 7.18. The molecule has 6 heteroatoms. The maximum absolute atomic E-state index is 10.9. The van der Waals surface area contributed by atoms with Gasteiger partial charge in [-0.25, -0.2) is 9.59 Å². The molecule has 108 valence electrons. The third kappa shape index (κ3) is 4.31. The standard InChI is InChI=1S/C14H16O6/c1-3-19-11-6-4-5-10(7-8-12(15)16)13(11)20-9(2)14(17)18/h4-9H,3H2,1-2H3,(H,15,16)(H,17,18). The van der Waals surface area contributed by atoms with Crippen LogP contribution < -0.4 is 9.47 Å². The van der Waals surface area contributed by atoms with Crippen molar-refractivity contribution in [3.8, 4) is 11.5 Å². The third-order valence-electron chi connectivity index (χ3n) is 2.36. The lowest BCUT2D eigenvalue weighted by molar-refractivity contribution is -0.144. The van der Waals surface area contributed by atoms with E-state index in [0.29, 0.717) is 17.9 Å². The molecule has 20 heavy (non-hydrogen) atoms. The van der Waals surface area contributed by atoms with Gasteiger partial charge in [0.15, 0.2) is 17.6 Å². The van der Waals surface area contributed by atoms with E-state index in [4.69, 9.17) is 19.7 Å². The fourth-order valence-electron chi connectivity index (χ4n) is 1.45. The van der Waals surface area contributed by atoms with Gasteiger partial charge in [-0.3, -0.25) is 0 Å². The van der Waals surface area contributed by atoms with Crippen LogP contribution in [0, 0.1) is 0 Å². The first-order valence-electron chi connectivity index (χ1n) is 6.02. The van der Waals surface area contributed by atoms with Crippen LogP contribution in [0.2, 0.25) is 0 Å². The van der Waals surface area contributed by atoms with Crippen LogP contribution in [0.5, 0.6) is 11.5 Å². The zero-order valence-electron chi connectivity index (χ0n) is 11.2. The predicted octanol–water partition coefficient (Wildman–Crippen LogP) is 2.03. The molecule has 0 heterocycles. The van der Waals surface area contributed by atoms with Crippen LogP contribution in [0.15, 0.2) is 24.3 Å². The smallest absolute Gasteiger partial charge is 0.344 e. The number of ether oxygens (including phenoxy) is 2. The fourth-order valence-corrected chi connectivity index (χ4v) is 1.45. The molecule has 0 radical (unpaired) electrons. The van der Waals surface area contributed by atoms with Crippen molar-refractivity contribution >= 4 is 18.0 Å². The van der Waals surface area contributed by atoms with Crippen LogP contribution in [0.3, 0.4) is 0 Å². The van der Waals surface area contributed by atoms with E-state index in [1.165, 1.54) is 13.0 Å². The van der Waals surface area contributed by atoms with E-state index in [9.17, 15) is 9.59 Å². The van der Waals surface area contributed by atoms with Gasteiger partial charge in [0, 0.05) is 11.6 Å². The van der Waals surface area contributed by atoms with Gasteiger partial charge >= 0.3 is 11.9 Å². The van der Waals surface area contributed by atoms with Crippen molar-refractivity contribution in [3.63, 3.8) is 0 Å². The van der Waals surface area contributed by atoms with Crippen LogP contribution in [0.4, 0.5) is 0 Å². The normalized spacial score (nSPS) is 12.1. The molecule has 0 saturated heterocycles. The predicted molar refractivity (Wildman–Crippen MR) is 72.0 cm³/mol. The molecule has 2 N–H and O–H groups in total. The quantitative estimate of drug-likeness (QED) is 0.742. The lowest BCUT2D eigenvalue weighted by atomic mass is 10.1. The van der Waals surface area contributed by atoms with Gasteiger partial charge < -0.3 is 19.7 Å². The van der Waals surface area contributed by atoms with E-state index >= 15 is 0 Å². The lowest BCUT2D eigenvalue weighted by Gasteiger charge is -2.16. The fraction of sp³-hybridized carbons (Fsp3) is 0.286. The van der Waals surface area contributed by atoms with Gasteiger partial charge in [0.05, 0.1) is 6.61 Å². The van der Waals surface area contributed by atoms with Crippen molar-refractivity contribution in [1.29, 1.82) is 0 Å². The summed E-state index contributed by atoms with van der Waals surface area (Å²) < 4.78 is 10.7. The summed E-state index contributed by atoms with van der Waals surface area (Å²) in [7, 11) is 0. The maximum Gasteiger partial charge on any atom is 0.344 e. The van der Waals surface area contributed by atoms with Crippen molar-refractivity contribution in [3.05, 3.63) is 29.8 Å². The largest absolute Gasteiger partial charge is 0.490 e. The number of rotatable bonds is 7. The number of benzene rings is 1. The molecule has 0 aliphatic heterocycles. The summed E-state index contributed by atoms with van der Waals surface area (Å²) >= 11 is 0. The van der Waals surface area contributed by atoms with Crippen LogP contribution in [0.1, 0.15) is 19.4 Å². The van der Waals surface area contributed by atoms with Crippen molar-refractivity contribution < 1.29 is 29.3 Å². The molecule has 6 nitrogen and oxygen atoms in total. The lowest BCUT2D eigenvalue weighted by Crippen LogP contribution is -2.23. The topological polar surface area (TPSA) is 93.1 Å². The van der Waals surface area contributed by atoms with Crippen molar-refractivity contribution in [2.75, 3.05) is 6.61 Å². The van der Waals surface area contributed by atoms with E-state index in [2.05, 4.69) is 0 Å². The first kappa shape index (κ1) is 15.6. The molecule has 0 aromatic heterocycles. The van der Waals surface area contributed by atoms with Crippen LogP contribution in [0.25, 0.3) is 6.08 Å². The van der Waals surface area contributed by atoms with E-state index in [-0.39, 0.29) is 5.75 Å². The molecule has 0 amide bonds. The molecule has 1 rings (SSSR count). The average molecular weight is 280 g/mol. The van der Waals surface area contributed by atoms with E-state index in [0.717, 1.165) is 6.08 Å². The zero-order valence-corrected chi connectivity index (χ0v) is 11.2. The highest BCUT2D eigenvalue weighted by Crippen LogP contribution is 2.33. The Morgan fingerprint density at radius 2 is 2.05 bits per heavy atom. The molecule has 1 aromatic rings. The van der Waals surface area contributed by atoms with Gasteiger partial charge in [-0.15, -0.1) is 0 Å². The monoisotopic (exact) mass is 280 g/mol. The van der Waals surface area contributed by atoms with Crippen molar-refractivity contribution in [2.24, 2.45) is 0 Å². The molecule has 1 atom stereocenters. The van der Waals surface area contributed by atoms with Crippen LogP contribution >= 0.6 is 0 Å². The maximum atomic E-state index is 10.9. The van der Waals surface area contributed by atoms with Crippen molar-refractivity contribution in [1.82, 2.24) is 0 Å². The first-order valence-corrected chi connectivity index (χ1v) is 6.02. The van der Waals surface area contributed by atoms with Crippen LogP contribution in [-0.2, 0) is 9.59 Å². The molecule has 0 aliphatic rings. The summed E-state index contributed by atoms with van der Waals surface area (Å²) in [5.41, 5.74) is 0.437. The summed E-state index contributed by atoms with van der Waals surface area (Å²) in [5.74, 6) is -1.65. The molecule has 1 unspecified atom stereocenters. The zero-order chi connectivity index (χ0) is 15.1. The molecule has 0 fully saturated rings. The number of para-hydroxylation sites is 1. The number of carboxylic acids is 2. The number of carboxylic acid groups (broad SMARTS) is 2. The van der Waals surface area contributed by atoms with Gasteiger partial charge in [-0.2, -0.15) is 0 Å². The highest BCUT2D eigenvalue weighted by molar-refractivity contribution is 5.86. The molecule has 0 aliphatic carbocycles. The molecular weight excluding hydrogens is 264 g/mol. The van der Waals surface area contributed by atoms with Gasteiger partial charge in [0.1, 0.15) is 0 Å². The Kier molecular flexibility index (Phi) is 5.58. The van der Waals surface area contributed by atoms with Crippen LogP contribution in [-0.4, -0.2) is 34.9 Å². The number of hydrogen-bond acceptors (Lipinski definition) is 4. The first-order chi connectivity index (χ1) is 9.45. The minimum absolute atomic E-state index is 0.210. The summed E-state index contributed by atoms with van der Waals surface area (Å²) in [6.45, 7) is 3.55.